The zero-order chi connectivity index (χ0) is 36.2. The lowest BCUT2D eigenvalue weighted by Crippen LogP contribution is -2.18. The summed E-state index contributed by atoms with van der Waals surface area (Å²) in [5.41, 5.74) is 11.3. The number of hydrogen-bond donors (Lipinski definition) is 2. The van der Waals surface area contributed by atoms with Crippen molar-refractivity contribution in [2.75, 3.05) is 31.5 Å². The molecule has 3 aromatic carbocycles. The zero-order valence-corrected chi connectivity index (χ0v) is 29.9. The van der Waals surface area contributed by atoms with Gasteiger partial charge in [0.1, 0.15) is 17.1 Å². The number of anilines is 2. The fourth-order valence-electron chi connectivity index (χ4n) is 7.41. The number of aliphatic carboxylic acids is 1. The largest absolute Gasteiger partial charge is 0.481 e. The molecular formula is C42H43N7O3. The van der Waals surface area contributed by atoms with Gasteiger partial charge in [0.05, 0.1) is 5.56 Å². The zero-order valence-electron chi connectivity index (χ0n) is 29.9. The smallest absolute Gasteiger partial charge is 0.300 e. The Hall–Kier alpha value is -5.63. The summed E-state index contributed by atoms with van der Waals surface area (Å²) in [5, 5.41) is 22.1. The average molecular weight is 694 g/mol. The number of fused-ring (bicyclic) bond motifs is 2. The summed E-state index contributed by atoms with van der Waals surface area (Å²) in [6.07, 6.45) is 8.86. The highest BCUT2D eigenvalue weighted by molar-refractivity contribution is 5.91. The number of nitrogens with zero attached hydrogens (tertiary/aromatic N) is 6. The van der Waals surface area contributed by atoms with E-state index in [1.54, 1.807) is 0 Å². The van der Waals surface area contributed by atoms with Gasteiger partial charge in [-0.05, 0) is 135 Å². The van der Waals surface area contributed by atoms with Crippen LogP contribution in [0.25, 0.3) is 44.6 Å². The predicted molar refractivity (Wildman–Crippen MR) is 204 cm³/mol. The number of likely N-dealkylation sites (tertiary alicyclic amines) is 2. The number of rotatable bonds is 8. The van der Waals surface area contributed by atoms with Gasteiger partial charge < -0.3 is 14.8 Å². The fraction of sp³-hybridized carbons (Fsp3) is 0.310. The summed E-state index contributed by atoms with van der Waals surface area (Å²) in [7, 11) is 0. The maximum atomic E-state index is 9.97. The SMILES string of the molecule is CC(=O)O.Cc1c(Nc2nccc3cc(CN4CCCC4)cnc23)cccc1-c1cccc(-c2nc3cc(CN4CCCC4)cc(C#N)c3o2)c1C. The second-order valence-corrected chi connectivity index (χ2v) is 13.8. The maximum Gasteiger partial charge on any atom is 0.300 e. The third-order valence-electron chi connectivity index (χ3n) is 9.98. The molecule has 0 bridgehead atoms. The number of carbonyl (C=O) groups is 1. The standard InChI is InChI=1S/C40H39N7O.C2H4O2/c1-26-32(9-7-11-34(26)40-45-36-21-28(24-46-15-3-4-16-46)19-31(22-41)38(36)48-40)33-10-8-12-35(27(33)2)44-39-37-30(13-14-42-39)20-29(23-43-37)25-47-17-5-6-18-47;1-2(3)4/h7-14,19-21,23H,3-6,15-18,24-25H2,1-2H3,(H,42,44);1H3,(H,3,4). The lowest BCUT2D eigenvalue weighted by atomic mass is 9.93. The van der Waals surface area contributed by atoms with Gasteiger partial charge >= 0.3 is 0 Å². The Bertz CT molecular complexity index is 2290. The van der Waals surface area contributed by atoms with Crippen LogP contribution in [-0.4, -0.2) is 62.0 Å². The molecule has 2 N–H and O–H groups in total. The number of nitriles is 1. The average Bonchev–Trinajstić information content (AvgIpc) is 3.92. The Labute approximate surface area is 303 Å². The van der Waals surface area contributed by atoms with Crippen LogP contribution in [0.2, 0.25) is 0 Å². The lowest BCUT2D eigenvalue weighted by molar-refractivity contribution is -0.134. The molecular weight excluding hydrogens is 651 g/mol. The highest BCUT2D eigenvalue weighted by Crippen LogP contribution is 2.38. The van der Waals surface area contributed by atoms with E-state index < -0.39 is 5.97 Å². The maximum absolute atomic E-state index is 9.97. The van der Waals surface area contributed by atoms with E-state index in [0.717, 1.165) is 107 Å². The number of nitrogens with one attached hydrogen (secondary N) is 1. The van der Waals surface area contributed by atoms with Gasteiger partial charge in [-0.3, -0.25) is 19.6 Å². The van der Waals surface area contributed by atoms with E-state index in [9.17, 15) is 5.26 Å². The molecule has 2 fully saturated rings. The molecule has 3 aromatic heterocycles. The third kappa shape index (κ3) is 7.52. The van der Waals surface area contributed by atoms with Gasteiger partial charge in [0.2, 0.25) is 5.89 Å². The molecule has 2 saturated heterocycles. The second-order valence-electron chi connectivity index (χ2n) is 13.8. The van der Waals surface area contributed by atoms with Crippen LogP contribution in [0, 0.1) is 25.2 Å². The molecule has 5 heterocycles. The molecule has 0 unspecified atom stereocenters. The summed E-state index contributed by atoms with van der Waals surface area (Å²) < 4.78 is 6.31. The Morgan fingerprint density at radius 1 is 0.865 bits per heavy atom. The van der Waals surface area contributed by atoms with Crippen molar-refractivity contribution in [2.45, 2.75) is 59.5 Å². The lowest BCUT2D eigenvalue weighted by Gasteiger charge is -2.17. The molecule has 10 heteroatoms. The summed E-state index contributed by atoms with van der Waals surface area (Å²) in [6, 6.07) is 23.2. The van der Waals surface area contributed by atoms with Crippen molar-refractivity contribution in [3.63, 3.8) is 0 Å². The normalized spacial score (nSPS) is 14.7. The highest BCUT2D eigenvalue weighted by Gasteiger charge is 2.20. The van der Waals surface area contributed by atoms with E-state index in [4.69, 9.17) is 24.3 Å². The van der Waals surface area contributed by atoms with Crippen LogP contribution in [0.4, 0.5) is 11.5 Å². The van der Waals surface area contributed by atoms with Crippen molar-refractivity contribution in [3.8, 4) is 28.7 Å². The number of oxazole rings is 1. The molecule has 2 aliphatic heterocycles. The van der Waals surface area contributed by atoms with Crippen LogP contribution in [0.15, 0.2) is 77.5 Å². The second kappa shape index (κ2) is 15.3. The van der Waals surface area contributed by atoms with Crippen molar-refractivity contribution in [1.82, 2.24) is 24.8 Å². The minimum atomic E-state index is -0.833. The third-order valence-corrected chi connectivity index (χ3v) is 9.98. The number of carboxylic acids is 1. The fourth-order valence-corrected chi connectivity index (χ4v) is 7.41. The molecule has 0 spiro atoms. The first-order valence-electron chi connectivity index (χ1n) is 18.0. The van der Waals surface area contributed by atoms with Crippen molar-refractivity contribution in [2.24, 2.45) is 0 Å². The number of hydrogen-bond acceptors (Lipinski definition) is 9. The van der Waals surface area contributed by atoms with Crippen LogP contribution < -0.4 is 5.32 Å². The molecule has 0 radical (unpaired) electrons. The van der Waals surface area contributed by atoms with Crippen LogP contribution in [0.1, 0.15) is 60.4 Å². The molecule has 52 heavy (non-hydrogen) atoms. The van der Waals surface area contributed by atoms with Gasteiger partial charge in [-0.1, -0.05) is 24.3 Å². The Balaban J connectivity index is 0.00000100. The number of aromatic nitrogens is 3. The summed E-state index contributed by atoms with van der Waals surface area (Å²) >= 11 is 0. The molecule has 0 amide bonds. The summed E-state index contributed by atoms with van der Waals surface area (Å²) in [5.74, 6) is 0.441. The molecule has 0 aliphatic carbocycles. The van der Waals surface area contributed by atoms with Crippen LogP contribution in [0.3, 0.4) is 0 Å². The van der Waals surface area contributed by atoms with Crippen LogP contribution in [-0.2, 0) is 17.9 Å². The van der Waals surface area contributed by atoms with Gasteiger partial charge in [-0.15, -0.1) is 0 Å². The van der Waals surface area contributed by atoms with Gasteiger partial charge in [0, 0.05) is 49.0 Å². The van der Waals surface area contributed by atoms with E-state index in [1.807, 2.05) is 36.7 Å². The van der Waals surface area contributed by atoms with Gasteiger partial charge in [-0.2, -0.15) is 5.26 Å². The van der Waals surface area contributed by atoms with E-state index in [2.05, 4.69) is 76.4 Å². The molecule has 0 atom stereocenters. The first-order valence-corrected chi connectivity index (χ1v) is 18.0. The molecule has 2 aliphatic rings. The molecule has 6 aromatic rings. The van der Waals surface area contributed by atoms with Crippen LogP contribution >= 0.6 is 0 Å². The van der Waals surface area contributed by atoms with E-state index in [1.165, 1.54) is 31.2 Å². The highest BCUT2D eigenvalue weighted by atomic mass is 16.4. The topological polar surface area (TPSA) is 131 Å². The van der Waals surface area contributed by atoms with Crippen molar-refractivity contribution in [3.05, 3.63) is 101 Å². The van der Waals surface area contributed by atoms with E-state index in [-0.39, 0.29) is 0 Å². The van der Waals surface area contributed by atoms with Crippen molar-refractivity contribution < 1.29 is 14.3 Å². The number of benzene rings is 3. The van der Waals surface area contributed by atoms with Crippen molar-refractivity contribution in [1.29, 1.82) is 5.26 Å². The Morgan fingerprint density at radius 2 is 1.50 bits per heavy atom. The first-order chi connectivity index (χ1) is 25.3. The minimum Gasteiger partial charge on any atom is -0.481 e. The van der Waals surface area contributed by atoms with Gasteiger partial charge in [-0.25, -0.2) is 9.97 Å². The molecule has 10 nitrogen and oxygen atoms in total. The van der Waals surface area contributed by atoms with E-state index in [0.29, 0.717) is 17.0 Å². The first kappa shape index (κ1) is 34.8. The molecule has 264 valence electrons. The Kier molecular flexibility index (Phi) is 10.2. The Morgan fingerprint density at radius 3 is 2.19 bits per heavy atom. The predicted octanol–water partition coefficient (Wildman–Crippen LogP) is 8.62. The van der Waals surface area contributed by atoms with Gasteiger partial charge in [0.25, 0.3) is 5.97 Å². The van der Waals surface area contributed by atoms with Gasteiger partial charge in [0.15, 0.2) is 11.4 Å². The number of pyridine rings is 2. The number of carboxylic acid groups (broad SMARTS) is 1. The monoisotopic (exact) mass is 693 g/mol. The molecule has 0 saturated carbocycles. The minimum absolute atomic E-state index is 0.529. The summed E-state index contributed by atoms with van der Waals surface area (Å²) in [4.78, 5) is 28.4. The van der Waals surface area contributed by atoms with E-state index >= 15 is 0 Å². The summed E-state index contributed by atoms with van der Waals surface area (Å²) in [6.45, 7) is 11.6. The van der Waals surface area contributed by atoms with Crippen molar-refractivity contribution >= 4 is 39.5 Å². The molecule has 8 rings (SSSR count). The quantitative estimate of drug-likeness (QED) is 0.160. The van der Waals surface area contributed by atoms with Crippen LogP contribution in [0.5, 0.6) is 0 Å².